The topological polar surface area (TPSA) is 49.0 Å². The van der Waals surface area contributed by atoms with Crippen LogP contribution in [0.2, 0.25) is 5.02 Å². The molecule has 0 bridgehead atoms. The second-order valence-corrected chi connectivity index (χ2v) is 7.16. The van der Waals surface area contributed by atoms with Crippen LogP contribution in [0.25, 0.3) is 11.4 Å². The third-order valence-corrected chi connectivity index (χ3v) is 5.24. The molecule has 2 aromatic carbocycles. The normalized spacial score (nSPS) is 14.2. The molecule has 0 atom stereocenters. The van der Waals surface area contributed by atoms with Crippen LogP contribution in [0.3, 0.4) is 0 Å². The van der Waals surface area contributed by atoms with Gasteiger partial charge in [0.1, 0.15) is 5.82 Å². The predicted molar refractivity (Wildman–Crippen MR) is 104 cm³/mol. The molecule has 26 heavy (non-hydrogen) atoms. The Morgan fingerprint density at radius 1 is 1.19 bits per heavy atom. The monoisotopic (exact) mass is 365 g/mol. The van der Waals surface area contributed by atoms with Gasteiger partial charge in [-0.1, -0.05) is 54.1 Å². The number of H-pyrrole nitrogens is 1. The lowest BCUT2D eigenvalue weighted by Crippen LogP contribution is -2.35. The highest BCUT2D eigenvalue weighted by Gasteiger charge is 2.21. The third kappa shape index (κ3) is 3.43. The Labute approximate surface area is 157 Å². The van der Waals surface area contributed by atoms with E-state index in [9.17, 15) is 4.79 Å². The summed E-state index contributed by atoms with van der Waals surface area (Å²) >= 11 is 6.23. The molecule has 132 valence electrons. The Bertz CT molecular complexity index is 998. The van der Waals surface area contributed by atoms with Crippen molar-refractivity contribution in [3.05, 3.63) is 86.3 Å². The first-order valence-electron chi connectivity index (χ1n) is 8.75. The molecule has 4 rings (SSSR count). The van der Waals surface area contributed by atoms with Gasteiger partial charge in [-0.3, -0.25) is 9.69 Å². The second kappa shape index (κ2) is 7.06. The second-order valence-electron chi connectivity index (χ2n) is 6.75. The summed E-state index contributed by atoms with van der Waals surface area (Å²) in [6.45, 7) is 4.26. The molecule has 0 spiro atoms. The molecule has 2 heterocycles. The van der Waals surface area contributed by atoms with Gasteiger partial charge in [-0.05, 0) is 24.1 Å². The number of nitrogens with one attached hydrogen (secondary N) is 1. The average Bonchev–Trinajstić information content (AvgIpc) is 2.66. The summed E-state index contributed by atoms with van der Waals surface area (Å²) < 4.78 is 0. The van der Waals surface area contributed by atoms with Crippen LogP contribution in [0.15, 0.2) is 53.3 Å². The van der Waals surface area contributed by atoms with E-state index in [-0.39, 0.29) is 5.56 Å². The molecule has 4 nitrogen and oxygen atoms in total. The summed E-state index contributed by atoms with van der Waals surface area (Å²) in [5, 5.41) is 0.784. The van der Waals surface area contributed by atoms with Crippen molar-refractivity contribution in [1.82, 2.24) is 14.9 Å². The van der Waals surface area contributed by atoms with Crippen LogP contribution in [0, 0.1) is 6.92 Å². The number of fused-ring (bicyclic) bond motifs is 1. The van der Waals surface area contributed by atoms with E-state index in [0.29, 0.717) is 12.4 Å². The van der Waals surface area contributed by atoms with E-state index >= 15 is 0 Å². The van der Waals surface area contributed by atoms with Crippen molar-refractivity contribution in [2.45, 2.75) is 26.4 Å². The fourth-order valence-corrected chi connectivity index (χ4v) is 3.54. The summed E-state index contributed by atoms with van der Waals surface area (Å²) in [5.41, 5.74) is 4.81. The number of benzene rings is 2. The van der Waals surface area contributed by atoms with Crippen molar-refractivity contribution in [1.29, 1.82) is 0 Å². The molecule has 1 N–H and O–H groups in total. The minimum absolute atomic E-state index is 0.0412. The van der Waals surface area contributed by atoms with Gasteiger partial charge in [-0.25, -0.2) is 4.98 Å². The minimum Gasteiger partial charge on any atom is -0.306 e. The SMILES string of the molecule is Cc1ccc(CN2CCc3nc(-c4ccccc4)[nH]c(=O)c3C2)cc1Cl. The zero-order valence-corrected chi connectivity index (χ0v) is 15.4. The zero-order valence-electron chi connectivity index (χ0n) is 14.6. The number of hydrogen-bond donors (Lipinski definition) is 1. The van der Waals surface area contributed by atoms with Crippen LogP contribution < -0.4 is 5.56 Å². The summed E-state index contributed by atoms with van der Waals surface area (Å²) in [4.78, 5) is 22.5. The predicted octanol–water partition coefficient (Wildman–Crippen LogP) is 3.96. The van der Waals surface area contributed by atoms with Crippen molar-refractivity contribution < 1.29 is 0 Å². The first-order valence-corrected chi connectivity index (χ1v) is 9.13. The lowest BCUT2D eigenvalue weighted by molar-refractivity contribution is 0.242. The highest BCUT2D eigenvalue weighted by molar-refractivity contribution is 6.31. The molecule has 0 saturated carbocycles. The Morgan fingerprint density at radius 2 is 2.00 bits per heavy atom. The van der Waals surface area contributed by atoms with E-state index in [1.165, 1.54) is 0 Å². The van der Waals surface area contributed by atoms with Crippen LogP contribution >= 0.6 is 11.6 Å². The molecular formula is C21H20ClN3O. The molecule has 1 aliphatic heterocycles. The van der Waals surface area contributed by atoms with Crippen molar-refractivity contribution in [3.8, 4) is 11.4 Å². The quantitative estimate of drug-likeness (QED) is 0.764. The van der Waals surface area contributed by atoms with Gasteiger partial charge in [-0.15, -0.1) is 0 Å². The van der Waals surface area contributed by atoms with Gasteiger partial charge in [0.15, 0.2) is 0 Å². The summed E-state index contributed by atoms with van der Waals surface area (Å²) in [7, 11) is 0. The molecule has 0 unspecified atom stereocenters. The summed E-state index contributed by atoms with van der Waals surface area (Å²) in [5.74, 6) is 0.646. The Hall–Kier alpha value is -2.43. The van der Waals surface area contributed by atoms with Crippen LogP contribution in [0.5, 0.6) is 0 Å². The number of aromatic nitrogens is 2. The maximum absolute atomic E-state index is 12.6. The fraction of sp³-hybridized carbons (Fsp3) is 0.238. The largest absolute Gasteiger partial charge is 0.306 e. The molecule has 0 aliphatic carbocycles. The molecule has 0 radical (unpaired) electrons. The Kier molecular flexibility index (Phi) is 4.62. The highest BCUT2D eigenvalue weighted by Crippen LogP contribution is 2.22. The number of halogens is 1. The number of aryl methyl sites for hydroxylation is 1. The van der Waals surface area contributed by atoms with Crippen molar-refractivity contribution in [2.75, 3.05) is 6.54 Å². The third-order valence-electron chi connectivity index (χ3n) is 4.84. The van der Waals surface area contributed by atoms with E-state index in [1.54, 1.807) is 0 Å². The van der Waals surface area contributed by atoms with E-state index in [4.69, 9.17) is 16.6 Å². The molecule has 0 fully saturated rings. The lowest BCUT2D eigenvalue weighted by atomic mass is 10.0. The number of nitrogens with zero attached hydrogens (tertiary/aromatic N) is 2. The Morgan fingerprint density at radius 3 is 2.77 bits per heavy atom. The van der Waals surface area contributed by atoms with E-state index < -0.39 is 0 Å². The standard InChI is InChI=1S/C21H20ClN3O/c1-14-7-8-15(11-18(14)22)12-25-10-9-19-17(13-25)21(26)24-20(23-19)16-5-3-2-4-6-16/h2-8,11H,9-10,12-13H2,1H3,(H,23,24,26). The van der Waals surface area contributed by atoms with Crippen LogP contribution in [-0.2, 0) is 19.5 Å². The van der Waals surface area contributed by atoms with Crippen LogP contribution in [0.4, 0.5) is 0 Å². The van der Waals surface area contributed by atoms with Gasteiger partial charge in [0.25, 0.3) is 5.56 Å². The number of rotatable bonds is 3. The smallest absolute Gasteiger partial charge is 0.255 e. The highest BCUT2D eigenvalue weighted by atomic mass is 35.5. The summed E-state index contributed by atoms with van der Waals surface area (Å²) in [6.07, 6.45) is 0.776. The molecule has 5 heteroatoms. The minimum atomic E-state index is -0.0412. The van der Waals surface area contributed by atoms with Crippen molar-refractivity contribution >= 4 is 11.6 Å². The molecular weight excluding hydrogens is 346 g/mol. The van der Waals surface area contributed by atoms with Gasteiger partial charge in [0.05, 0.1) is 11.3 Å². The Balaban J connectivity index is 1.57. The fourth-order valence-electron chi connectivity index (χ4n) is 3.34. The maximum atomic E-state index is 12.6. The van der Waals surface area contributed by atoms with Gasteiger partial charge < -0.3 is 4.98 Å². The zero-order chi connectivity index (χ0) is 18.1. The van der Waals surface area contributed by atoms with E-state index in [1.807, 2.05) is 49.4 Å². The first-order chi connectivity index (χ1) is 12.6. The lowest BCUT2D eigenvalue weighted by Gasteiger charge is -2.27. The van der Waals surface area contributed by atoms with Gasteiger partial charge in [0, 0.05) is 36.6 Å². The van der Waals surface area contributed by atoms with Crippen molar-refractivity contribution in [3.63, 3.8) is 0 Å². The molecule has 1 aromatic heterocycles. The molecule has 0 amide bonds. The van der Waals surface area contributed by atoms with Gasteiger partial charge in [-0.2, -0.15) is 0 Å². The molecule has 0 saturated heterocycles. The first kappa shape index (κ1) is 17.0. The number of hydrogen-bond acceptors (Lipinski definition) is 3. The average molecular weight is 366 g/mol. The van der Waals surface area contributed by atoms with Crippen LogP contribution in [-0.4, -0.2) is 21.4 Å². The van der Waals surface area contributed by atoms with Crippen molar-refractivity contribution in [2.24, 2.45) is 0 Å². The van der Waals surface area contributed by atoms with Crippen LogP contribution in [0.1, 0.15) is 22.4 Å². The van der Waals surface area contributed by atoms with E-state index in [0.717, 1.165) is 52.5 Å². The van der Waals surface area contributed by atoms with E-state index in [2.05, 4.69) is 16.0 Å². The maximum Gasteiger partial charge on any atom is 0.255 e. The van der Waals surface area contributed by atoms with Gasteiger partial charge >= 0.3 is 0 Å². The number of aromatic amines is 1. The van der Waals surface area contributed by atoms with Gasteiger partial charge in [0.2, 0.25) is 0 Å². The molecule has 3 aromatic rings. The summed E-state index contributed by atoms with van der Waals surface area (Å²) in [6, 6.07) is 15.9. The molecule has 1 aliphatic rings.